The molecule has 0 radical (unpaired) electrons. The topological polar surface area (TPSA) is 102 Å². The van der Waals surface area contributed by atoms with Crippen molar-refractivity contribution in [3.8, 4) is 5.75 Å². The third kappa shape index (κ3) is 4.99. The van der Waals surface area contributed by atoms with E-state index < -0.39 is 21.6 Å². The first-order valence-electron chi connectivity index (χ1n) is 7.11. The van der Waals surface area contributed by atoms with Crippen molar-refractivity contribution in [2.45, 2.75) is 25.5 Å². The third-order valence-electron chi connectivity index (χ3n) is 3.59. The van der Waals surface area contributed by atoms with Gasteiger partial charge in [0.1, 0.15) is 0 Å². The van der Waals surface area contributed by atoms with E-state index in [9.17, 15) is 27.3 Å². The maximum absolute atomic E-state index is 12.6. The highest BCUT2D eigenvalue weighted by Crippen LogP contribution is 2.35. The van der Waals surface area contributed by atoms with E-state index in [1.165, 1.54) is 12.1 Å². The van der Waals surface area contributed by atoms with E-state index in [1.54, 1.807) is 4.90 Å². The fraction of sp³-hybridized carbons (Fsp3) is 0.538. The summed E-state index contributed by atoms with van der Waals surface area (Å²) in [7, 11) is -3.31. The molecule has 24 heavy (non-hydrogen) atoms. The van der Waals surface area contributed by atoms with Gasteiger partial charge in [0.2, 0.25) is 10.0 Å². The molecule has 1 aromatic rings. The lowest BCUT2D eigenvalue weighted by molar-refractivity contribution is -0.385. The Morgan fingerprint density at radius 1 is 1.38 bits per heavy atom. The molecule has 0 atom stereocenters. The molecule has 11 heteroatoms. The van der Waals surface area contributed by atoms with E-state index in [-0.39, 0.29) is 17.5 Å². The number of alkyl halides is 2. The minimum Gasteiger partial charge on any atom is -0.432 e. The third-order valence-corrected chi connectivity index (χ3v) is 4.35. The number of ether oxygens (including phenoxy) is 1. The van der Waals surface area contributed by atoms with Crippen LogP contribution in [0.2, 0.25) is 0 Å². The standard InChI is InChI=1S/C13H17F2N3O5S/c1-24(21,22)16-9-4-6-17(7-5-9)11-3-2-10(18(19)20)8-12(11)23-13(14)15/h2-3,8-9,13,16H,4-7H2,1H3. The van der Waals surface area contributed by atoms with E-state index in [0.717, 1.165) is 12.3 Å². The predicted molar refractivity (Wildman–Crippen MR) is 82.9 cm³/mol. The van der Waals surface area contributed by atoms with Gasteiger partial charge in [-0.2, -0.15) is 8.78 Å². The number of halogens is 2. The SMILES string of the molecule is CS(=O)(=O)NC1CCN(c2ccc([N+](=O)[O-])cc2OC(F)F)CC1. The van der Waals surface area contributed by atoms with Crippen LogP contribution < -0.4 is 14.4 Å². The highest BCUT2D eigenvalue weighted by molar-refractivity contribution is 7.88. The molecule has 1 fully saturated rings. The number of nitro groups is 1. The van der Waals surface area contributed by atoms with Crippen LogP contribution in [0.3, 0.4) is 0 Å². The Morgan fingerprint density at radius 3 is 2.50 bits per heavy atom. The van der Waals surface area contributed by atoms with Gasteiger partial charge in [0, 0.05) is 25.2 Å². The lowest BCUT2D eigenvalue weighted by atomic mass is 10.1. The molecule has 0 aromatic heterocycles. The maximum Gasteiger partial charge on any atom is 0.387 e. The van der Waals surface area contributed by atoms with Gasteiger partial charge in [-0.3, -0.25) is 10.1 Å². The molecule has 1 saturated heterocycles. The molecule has 2 rings (SSSR count). The molecule has 134 valence electrons. The summed E-state index contributed by atoms with van der Waals surface area (Å²) >= 11 is 0. The molecular weight excluding hydrogens is 348 g/mol. The summed E-state index contributed by atoms with van der Waals surface area (Å²) in [6, 6.07) is 3.31. The van der Waals surface area contributed by atoms with Crippen molar-refractivity contribution >= 4 is 21.4 Å². The first kappa shape index (κ1) is 18.3. The van der Waals surface area contributed by atoms with Crippen molar-refractivity contribution in [3.05, 3.63) is 28.3 Å². The zero-order valence-electron chi connectivity index (χ0n) is 12.8. The number of hydrogen-bond acceptors (Lipinski definition) is 6. The van der Waals surface area contributed by atoms with Gasteiger partial charge in [0.15, 0.2) is 5.75 Å². The number of hydrogen-bond donors (Lipinski definition) is 1. The van der Waals surface area contributed by atoms with E-state index >= 15 is 0 Å². The first-order chi connectivity index (χ1) is 11.2. The number of non-ortho nitro benzene ring substituents is 1. The lowest BCUT2D eigenvalue weighted by Gasteiger charge is -2.34. The Morgan fingerprint density at radius 2 is 2.00 bits per heavy atom. The zero-order chi connectivity index (χ0) is 17.9. The van der Waals surface area contributed by atoms with E-state index in [4.69, 9.17) is 0 Å². The van der Waals surface area contributed by atoms with Crippen molar-refractivity contribution in [2.75, 3.05) is 24.2 Å². The lowest BCUT2D eigenvalue weighted by Crippen LogP contribution is -2.44. The van der Waals surface area contributed by atoms with Crippen LogP contribution in [0, 0.1) is 10.1 Å². The molecule has 1 aliphatic heterocycles. The smallest absolute Gasteiger partial charge is 0.387 e. The van der Waals surface area contributed by atoms with Crippen molar-refractivity contribution in [3.63, 3.8) is 0 Å². The van der Waals surface area contributed by atoms with E-state index in [0.29, 0.717) is 31.6 Å². The Hall–Kier alpha value is -2.01. The normalized spacial score (nSPS) is 16.4. The molecule has 0 spiro atoms. The predicted octanol–water partition coefficient (Wildman–Crippen LogP) is 1.71. The Labute approximate surface area is 137 Å². The summed E-state index contributed by atoms with van der Waals surface area (Å²) in [4.78, 5) is 11.8. The average molecular weight is 365 g/mol. The van der Waals surface area contributed by atoms with Crippen molar-refractivity contribution < 1.29 is 26.9 Å². The van der Waals surface area contributed by atoms with Crippen molar-refractivity contribution in [2.24, 2.45) is 0 Å². The molecule has 0 unspecified atom stereocenters. The summed E-state index contributed by atoms with van der Waals surface area (Å²) in [5.74, 6) is -0.270. The summed E-state index contributed by atoms with van der Waals surface area (Å²) in [6.07, 6.45) is 2.04. The van der Waals surface area contributed by atoms with Crippen LogP contribution in [0.15, 0.2) is 18.2 Å². The molecule has 0 aliphatic carbocycles. The first-order valence-corrected chi connectivity index (χ1v) is 9.00. The van der Waals surface area contributed by atoms with Crippen LogP contribution in [0.4, 0.5) is 20.2 Å². The summed E-state index contributed by atoms with van der Waals surface area (Å²) in [5.41, 5.74) is -0.0262. The number of nitrogens with zero attached hydrogens (tertiary/aromatic N) is 2. The zero-order valence-corrected chi connectivity index (χ0v) is 13.6. The molecule has 0 amide bonds. The van der Waals surface area contributed by atoms with Gasteiger partial charge in [-0.25, -0.2) is 13.1 Å². The Kier molecular flexibility index (Phi) is 5.54. The maximum atomic E-state index is 12.6. The van der Waals surface area contributed by atoms with E-state index in [1.807, 2.05) is 0 Å². The van der Waals surface area contributed by atoms with Crippen LogP contribution in [-0.2, 0) is 10.0 Å². The van der Waals surface area contributed by atoms with Crippen molar-refractivity contribution in [1.29, 1.82) is 0 Å². The number of rotatable bonds is 6. The van der Waals surface area contributed by atoms with E-state index in [2.05, 4.69) is 9.46 Å². The molecule has 0 bridgehead atoms. The summed E-state index contributed by atoms with van der Waals surface area (Å²) in [6.45, 7) is -2.29. The fourth-order valence-corrected chi connectivity index (χ4v) is 3.45. The number of benzene rings is 1. The molecular formula is C13H17F2N3O5S. The second-order valence-corrected chi connectivity index (χ2v) is 7.22. The quantitative estimate of drug-likeness (QED) is 0.608. The summed E-state index contributed by atoms with van der Waals surface area (Å²) in [5, 5.41) is 10.8. The Bertz CT molecular complexity index is 706. The minimum absolute atomic E-state index is 0.228. The van der Waals surface area contributed by atoms with Gasteiger partial charge in [-0.05, 0) is 18.9 Å². The van der Waals surface area contributed by atoms with Gasteiger partial charge in [-0.15, -0.1) is 0 Å². The second kappa shape index (κ2) is 7.26. The van der Waals surface area contributed by atoms with Crippen LogP contribution >= 0.6 is 0 Å². The van der Waals surface area contributed by atoms with Gasteiger partial charge in [0.25, 0.3) is 5.69 Å². The molecule has 1 aromatic carbocycles. The second-order valence-electron chi connectivity index (χ2n) is 5.44. The largest absolute Gasteiger partial charge is 0.432 e. The fourth-order valence-electron chi connectivity index (χ4n) is 2.61. The monoisotopic (exact) mass is 365 g/mol. The van der Waals surface area contributed by atoms with Crippen LogP contribution in [-0.4, -0.2) is 45.3 Å². The summed E-state index contributed by atoms with van der Waals surface area (Å²) < 4.78 is 54.5. The van der Waals surface area contributed by atoms with Gasteiger partial charge >= 0.3 is 6.61 Å². The van der Waals surface area contributed by atoms with Crippen LogP contribution in [0.25, 0.3) is 0 Å². The Balaban J connectivity index is 2.15. The molecule has 1 heterocycles. The minimum atomic E-state index is -3.31. The highest BCUT2D eigenvalue weighted by Gasteiger charge is 2.25. The molecule has 1 aliphatic rings. The number of piperidine rings is 1. The average Bonchev–Trinajstić information content (AvgIpc) is 2.46. The molecule has 8 nitrogen and oxygen atoms in total. The van der Waals surface area contributed by atoms with Gasteiger partial charge < -0.3 is 9.64 Å². The van der Waals surface area contributed by atoms with Gasteiger partial charge in [-0.1, -0.05) is 0 Å². The number of anilines is 1. The van der Waals surface area contributed by atoms with Crippen LogP contribution in [0.1, 0.15) is 12.8 Å². The van der Waals surface area contributed by atoms with Crippen molar-refractivity contribution in [1.82, 2.24) is 4.72 Å². The molecule has 0 saturated carbocycles. The van der Waals surface area contributed by atoms with Gasteiger partial charge in [0.05, 0.1) is 22.9 Å². The number of nitrogens with one attached hydrogen (secondary N) is 1. The number of sulfonamides is 1. The number of nitro benzene ring substituents is 1. The highest BCUT2D eigenvalue weighted by atomic mass is 32.2. The molecule has 1 N–H and O–H groups in total. The van der Waals surface area contributed by atoms with Crippen LogP contribution in [0.5, 0.6) is 5.75 Å².